The average Bonchev–Trinajstić information content (AvgIpc) is 0.892. The van der Waals surface area contributed by atoms with Crippen LogP contribution in [0.25, 0.3) is 0 Å². The number of ketones is 4. The van der Waals surface area contributed by atoms with Gasteiger partial charge in [-0.2, -0.15) is 0 Å². The van der Waals surface area contributed by atoms with Crippen LogP contribution in [0.1, 0.15) is 167 Å². The summed E-state index contributed by atoms with van der Waals surface area (Å²) >= 11 is 0. The van der Waals surface area contributed by atoms with E-state index < -0.39 is 11.8 Å². The van der Waals surface area contributed by atoms with Crippen LogP contribution >= 0.6 is 0 Å². The highest BCUT2D eigenvalue weighted by atomic mass is 16.5. The number of benzene rings is 8. The van der Waals surface area contributed by atoms with Crippen molar-refractivity contribution in [1.29, 1.82) is 0 Å². The molecule has 0 saturated heterocycles. The maximum absolute atomic E-state index is 12.6. The van der Waals surface area contributed by atoms with E-state index in [4.69, 9.17) is 18.9 Å². The van der Waals surface area contributed by atoms with Gasteiger partial charge in [0.2, 0.25) is 23.6 Å². The molecule has 36 nitrogen and oxygen atoms in total. The summed E-state index contributed by atoms with van der Waals surface area (Å²) in [6, 6.07) is 54.9. The number of ether oxygens (including phenoxy) is 4. The predicted molar refractivity (Wildman–Crippen MR) is 485 cm³/mol. The van der Waals surface area contributed by atoms with Crippen LogP contribution in [0.5, 0.6) is 23.0 Å². The highest BCUT2D eigenvalue weighted by Crippen LogP contribution is 2.31. The van der Waals surface area contributed by atoms with Gasteiger partial charge in [-0.15, -0.1) is 0 Å². The van der Waals surface area contributed by atoms with E-state index in [1.165, 1.54) is 77.3 Å². The number of methoxy groups -OCH3 is 2. The SMILES string of the molecule is CC(=O)c1ccc(CC(=O)Nc2cc(C(=O)NCc3ccc4c(c3)NC(=O)CO4)ncn2)cc1.CC(=O)c1ccc(CC(=O)Nc2cc(C(=O)NCc3ccc4c(c3)NC(=O)CO4)ncn2)cc1C.COc1cccc(CNC(=O)c2cc(NC(=O)Cc3ccc(C(C)=O)c(C)c3)ncn2)c1.COc1cccc(CNC(=O)c2cc(NC(=O)Cc3ccc(C(C)=O)cc3)ncn2)c1. The minimum atomic E-state index is -0.448. The molecule has 0 spiro atoms. The van der Waals surface area contributed by atoms with E-state index in [9.17, 15) is 67.1 Å². The molecule has 0 bridgehead atoms. The standard InChI is InChI=1S/C25H23N5O5.C24H21N5O5.C24H24N4O4.C23H22N4O4/c1-14-7-16(3-5-18(14)15(2)31)9-23(32)30-22-10-20(27-13-28-22)25(34)26-11-17-4-6-21-19(8-17)29-24(33)12-35-21;1-14(30)17-5-2-15(3-6-17)9-22(31)29-21-10-19(26-13-27-21)24(33)25-11-16-4-7-20-18(8-16)28-23(32)12-34-20;1-15-9-17(7-8-20(15)16(2)29)11-23(30)28-22-12-21(26-14-27-22)24(31)25-13-18-5-4-6-19(10-18)32-3;1-15(28)18-8-6-16(7-9-18)11-22(29)27-21-12-20(25-14-26-21)23(30)24-13-17-4-3-5-19(10-17)31-2/h3-8,10,13H,9,11-12H2,1-2H3,(H,26,34)(H,29,33)(H,27,28,30,32);2-8,10,13H,9,11-12H2,1H3,(H,25,33)(H,28,32)(H,26,27,29,31);4-10,12,14H,11,13H2,1-3H3,(H,25,31)(H,26,27,28,30);3-10,12,14H,11,13H2,1-2H3,(H,24,30)(H,25,26,27,29). The van der Waals surface area contributed by atoms with Crippen LogP contribution in [0.15, 0.2) is 219 Å². The van der Waals surface area contributed by atoms with Crippen LogP contribution in [-0.4, -0.2) is 150 Å². The van der Waals surface area contributed by atoms with Crippen LogP contribution in [0.3, 0.4) is 0 Å². The van der Waals surface area contributed by atoms with Gasteiger partial charge in [0.1, 0.15) is 94.4 Å². The fourth-order valence-corrected chi connectivity index (χ4v) is 13.0. The van der Waals surface area contributed by atoms with Crippen molar-refractivity contribution in [3.05, 3.63) is 320 Å². The fourth-order valence-electron chi connectivity index (χ4n) is 13.0. The first-order chi connectivity index (χ1) is 63.4. The van der Waals surface area contributed by atoms with Gasteiger partial charge >= 0.3 is 0 Å². The topological polar surface area (TPSA) is 499 Å². The summed E-state index contributed by atoms with van der Waals surface area (Å²) in [5.41, 5.74) is 11.9. The second-order valence-corrected chi connectivity index (χ2v) is 29.7. The molecule has 14 rings (SSSR count). The Morgan fingerprint density at radius 1 is 0.326 bits per heavy atom. The Hall–Kier alpha value is -17.3. The second-order valence-electron chi connectivity index (χ2n) is 29.7. The molecule has 0 atom stereocenters. The van der Waals surface area contributed by atoms with Crippen LogP contribution in [0.4, 0.5) is 34.6 Å². The summed E-state index contributed by atoms with van der Waals surface area (Å²) in [5, 5.41) is 27.1. The minimum absolute atomic E-state index is 0.0169. The van der Waals surface area contributed by atoms with Gasteiger partial charge in [0.05, 0.1) is 51.3 Å². The number of nitrogens with zero attached hydrogens (tertiary/aromatic N) is 8. The lowest BCUT2D eigenvalue weighted by atomic mass is 10.0. The summed E-state index contributed by atoms with van der Waals surface area (Å²) in [4.78, 5) is 200. The Morgan fingerprint density at radius 2 is 0.614 bits per heavy atom. The summed E-state index contributed by atoms with van der Waals surface area (Å²) in [7, 11) is 3.16. The zero-order chi connectivity index (χ0) is 94.3. The molecule has 36 heteroatoms. The van der Waals surface area contributed by atoms with Crippen molar-refractivity contribution in [3.63, 3.8) is 0 Å². The molecule has 0 unspecified atom stereocenters. The summed E-state index contributed by atoms with van der Waals surface area (Å²) in [5.74, 6) is -0.102. The number of rotatable bonds is 30. The number of fused-ring (bicyclic) bond motifs is 2. The molecule has 10 amide bonds. The molecule has 0 fully saturated rings. The lowest BCUT2D eigenvalue weighted by Crippen LogP contribution is -2.26. The fraction of sp³-hybridized carbons (Fsp3) is 0.188. The molecular formula is C96H90N18O18. The zero-order valence-corrected chi connectivity index (χ0v) is 72.8. The third-order valence-electron chi connectivity index (χ3n) is 19.6. The number of Topliss-reactive ketones (excluding diaryl/α,β-unsaturated/α-hetero) is 4. The molecule has 0 saturated carbocycles. The van der Waals surface area contributed by atoms with E-state index in [1.807, 2.05) is 68.4 Å². The summed E-state index contributed by atoms with van der Waals surface area (Å²) < 4.78 is 21.0. The van der Waals surface area contributed by atoms with Crippen molar-refractivity contribution in [2.24, 2.45) is 0 Å². The highest BCUT2D eigenvalue weighted by Gasteiger charge is 2.22. The average molecular weight is 1780 g/mol. The molecule has 2 aliphatic rings. The molecule has 132 heavy (non-hydrogen) atoms. The molecular weight excluding hydrogens is 1690 g/mol. The van der Waals surface area contributed by atoms with E-state index in [1.54, 1.807) is 129 Å². The van der Waals surface area contributed by atoms with Gasteiger partial charge < -0.3 is 72.1 Å². The van der Waals surface area contributed by atoms with Gasteiger partial charge in [0.25, 0.3) is 35.4 Å². The highest BCUT2D eigenvalue weighted by molar-refractivity contribution is 6.02. The molecule has 10 N–H and O–H groups in total. The number of carbonyl (C=O) groups excluding carboxylic acids is 14. The van der Waals surface area contributed by atoms with E-state index in [2.05, 4.69) is 93.0 Å². The molecule has 4 aromatic heterocycles. The largest absolute Gasteiger partial charge is 0.497 e. The third kappa shape index (κ3) is 28.8. The normalized spacial score (nSPS) is 11.2. The van der Waals surface area contributed by atoms with Crippen LogP contribution < -0.4 is 72.1 Å². The Morgan fingerprint density at radius 3 is 0.902 bits per heavy atom. The van der Waals surface area contributed by atoms with Gasteiger partial charge in [-0.1, -0.05) is 121 Å². The maximum atomic E-state index is 12.6. The van der Waals surface area contributed by atoms with Gasteiger partial charge in [0.15, 0.2) is 36.3 Å². The van der Waals surface area contributed by atoms with Crippen LogP contribution in [0, 0.1) is 13.8 Å². The lowest BCUT2D eigenvalue weighted by molar-refractivity contribution is -0.119. The number of nitrogens with one attached hydrogen (secondary N) is 10. The Kier molecular flexibility index (Phi) is 33.4. The number of hydrogen-bond acceptors (Lipinski definition) is 26. The van der Waals surface area contributed by atoms with Gasteiger partial charge in [-0.05, 0) is 146 Å². The van der Waals surface area contributed by atoms with Crippen LogP contribution in [-0.2, 0) is 80.6 Å². The van der Waals surface area contributed by atoms with E-state index in [-0.39, 0.29) is 168 Å². The van der Waals surface area contributed by atoms with Crippen molar-refractivity contribution in [2.45, 2.75) is 93.4 Å². The zero-order valence-electron chi connectivity index (χ0n) is 72.8. The molecule has 12 aromatic rings. The van der Waals surface area contributed by atoms with Gasteiger partial charge in [-0.3, -0.25) is 67.1 Å². The maximum Gasteiger partial charge on any atom is 0.270 e. The number of hydrogen-bond donors (Lipinski definition) is 10. The smallest absolute Gasteiger partial charge is 0.270 e. The first-order valence-corrected chi connectivity index (χ1v) is 40.8. The second kappa shape index (κ2) is 46.2. The molecule has 672 valence electrons. The Bertz CT molecular complexity index is 6390. The Balaban J connectivity index is 0.000000170. The lowest BCUT2D eigenvalue weighted by Gasteiger charge is -2.18. The first kappa shape index (κ1) is 95.3. The number of aryl methyl sites for hydroxylation is 2. The molecule has 2 aliphatic heterocycles. The third-order valence-corrected chi connectivity index (χ3v) is 19.6. The Labute approximate surface area is 756 Å². The van der Waals surface area contributed by atoms with Crippen molar-refractivity contribution in [1.82, 2.24) is 61.1 Å². The number of carbonyl (C=O) groups is 14. The minimum Gasteiger partial charge on any atom is -0.497 e. The van der Waals surface area contributed by atoms with Gasteiger partial charge in [-0.25, -0.2) is 39.9 Å². The number of amides is 10. The van der Waals surface area contributed by atoms with Crippen molar-refractivity contribution >= 4 is 117 Å². The summed E-state index contributed by atoms with van der Waals surface area (Å²) in [6.45, 7) is 10.6. The molecule has 6 heterocycles. The molecule has 0 aliphatic carbocycles. The summed E-state index contributed by atoms with van der Waals surface area (Å²) in [6.07, 6.45) is 5.23. The monoisotopic (exact) mass is 1780 g/mol. The molecule has 8 aromatic carbocycles. The van der Waals surface area contributed by atoms with Crippen LogP contribution in [0.2, 0.25) is 0 Å². The molecule has 0 radical (unpaired) electrons. The quantitative estimate of drug-likeness (QED) is 0.0187. The predicted octanol–water partition coefficient (Wildman–Crippen LogP) is 10.5. The van der Waals surface area contributed by atoms with E-state index in [0.29, 0.717) is 69.7 Å². The van der Waals surface area contributed by atoms with Crippen molar-refractivity contribution < 1.29 is 86.1 Å². The number of aromatic nitrogens is 8. The van der Waals surface area contributed by atoms with Gasteiger partial charge in [0, 0.05) is 72.7 Å². The van der Waals surface area contributed by atoms with Crippen molar-refractivity contribution in [3.8, 4) is 23.0 Å². The van der Waals surface area contributed by atoms with E-state index >= 15 is 0 Å². The number of anilines is 6. The first-order valence-electron chi connectivity index (χ1n) is 40.8. The van der Waals surface area contributed by atoms with E-state index in [0.717, 1.165) is 55.6 Å². The van der Waals surface area contributed by atoms with Crippen molar-refractivity contribution in [2.75, 3.05) is 59.3 Å².